The molecule has 0 saturated carbocycles. The van der Waals surface area contributed by atoms with E-state index in [1.165, 1.54) is 0 Å². The summed E-state index contributed by atoms with van der Waals surface area (Å²) in [6.45, 7) is 14.5. The van der Waals surface area contributed by atoms with Crippen molar-refractivity contribution in [2.45, 2.75) is 53.4 Å². The largest absolute Gasteiger partial charge is 0.379 e. The van der Waals surface area contributed by atoms with Gasteiger partial charge < -0.3 is 5.11 Å². The van der Waals surface area contributed by atoms with Gasteiger partial charge in [-0.15, -0.1) is 11.3 Å². The molecule has 0 spiro atoms. The SMILES string of the molecule is CC(C)=C=CC(C)(C)C(O)C#C[Si](C)(C)C. The monoisotopic (exact) mass is 236 g/mol. The van der Waals surface area contributed by atoms with Gasteiger partial charge in [-0.2, -0.15) is 0 Å². The van der Waals surface area contributed by atoms with Crippen molar-refractivity contribution in [3.63, 3.8) is 0 Å². The molecule has 0 heterocycles. The van der Waals surface area contributed by atoms with Gasteiger partial charge in [0.05, 0.1) is 0 Å². The second-order valence-electron chi connectivity index (χ2n) is 6.03. The molecule has 0 saturated heterocycles. The Balaban J connectivity index is 4.90. The van der Waals surface area contributed by atoms with E-state index in [-0.39, 0.29) is 5.41 Å². The summed E-state index contributed by atoms with van der Waals surface area (Å²) < 4.78 is 0. The molecule has 1 nitrogen and oxygen atoms in total. The zero-order valence-corrected chi connectivity index (χ0v) is 12.6. The van der Waals surface area contributed by atoms with Crippen molar-refractivity contribution in [3.05, 3.63) is 17.4 Å². The molecule has 0 aliphatic heterocycles. The molecule has 0 amide bonds. The predicted molar refractivity (Wildman–Crippen MR) is 73.9 cm³/mol. The highest BCUT2D eigenvalue weighted by Gasteiger charge is 2.23. The number of rotatable bonds is 2. The minimum Gasteiger partial charge on any atom is -0.379 e. The van der Waals surface area contributed by atoms with Crippen molar-refractivity contribution in [1.82, 2.24) is 0 Å². The molecule has 0 radical (unpaired) electrons. The Hall–Kier alpha value is -0.743. The molecule has 0 aliphatic rings. The van der Waals surface area contributed by atoms with Crippen LogP contribution in [0.1, 0.15) is 27.7 Å². The summed E-state index contributed by atoms with van der Waals surface area (Å²) >= 11 is 0. The lowest BCUT2D eigenvalue weighted by Gasteiger charge is -2.22. The Bertz CT molecular complexity index is 350. The van der Waals surface area contributed by atoms with E-state index >= 15 is 0 Å². The van der Waals surface area contributed by atoms with Crippen molar-refractivity contribution in [1.29, 1.82) is 0 Å². The highest BCUT2D eigenvalue weighted by molar-refractivity contribution is 6.83. The van der Waals surface area contributed by atoms with Gasteiger partial charge in [-0.1, -0.05) is 39.4 Å². The van der Waals surface area contributed by atoms with Crippen LogP contribution >= 0.6 is 0 Å². The summed E-state index contributed by atoms with van der Waals surface area (Å²) in [6, 6.07) is 0. The fraction of sp³-hybridized carbons (Fsp3) is 0.643. The van der Waals surface area contributed by atoms with Crippen LogP contribution in [0.4, 0.5) is 0 Å². The second-order valence-corrected chi connectivity index (χ2v) is 10.8. The lowest BCUT2D eigenvalue weighted by atomic mass is 9.87. The van der Waals surface area contributed by atoms with Crippen molar-refractivity contribution in [2.75, 3.05) is 0 Å². The maximum Gasteiger partial charge on any atom is 0.129 e. The highest BCUT2D eigenvalue weighted by Crippen LogP contribution is 2.22. The number of hydrogen-bond donors (Lipinski definition) is 1. The van der Waals surface area contributed by atoms with Gasteiger partial charge in [0.1, 0.15) is 14.2 Å². The molecule has 2 heteroatoms. The molecule has 0 aromatic heterocycles. The van der Waals surface area contributed by atoms with Crippen LogP contribution in [0.3, 0.4) is 0 Å². The van der Waals surface area contributed by atoms with Crippen LogP contribution in [-0.2, 0) is 0 Å². The average molecular weight is 236 g/mol. The summed E-state index contributed by atoms with van der Waals surface area (Å²) in [5.41, 5.74) is 7.11. The maximum atomic E-state index is 10.0. The Kier molecular flexibility index (Phi) is 5.29. The lowest BCUT2D eigenvalue weighted by molar-refractivity contribution is 0.135. The van der Waals surface area contributed by atoms with Crippen LogP contribution in [0.25, 0.3) is 0 Å². The summed E-state index contributed by atoms with van der Waals surface area (Å²) in [5, 5.41) is 10.0. The van der Waals surface area contributed by atoms with Crippen LogP contribution in [-0.4, -0.2) is 19.3 Å². The van der Waals surface area contributed by atoms with Crippen LogP contribution in [0.15, 0.2) is 17.4 Å². The van der Waals surface area contributed by atoms with E-state index in [9.17, 15) is 5.11 Å². The smallest absolute Gasteiger partial charge is 0.129 e. The number of aliphatic hydroxyl groups is 1. The minimum atomic E-state index is -1.40. The summed E-state index contributed by atoms with van der Waals surface area (Å²) in [7, 11) is -1.40. The zero-order chi connectivity index (χ0) is 13.0. The second kappa shape index (κ2) is 5.55. The van der Waals surface area contributed by atoms with E-state index in [0.717, 1.165) is 5.57 Å². The lowest BCUT2D eigenvalue weighted by Crippen LogP contribution is -2.27. The van der Waals surface area contributed by atoms with Crippen molar-refractivity contribution in [2.24, 2.45) is 5.41 Å². The third-order valence-corrected chi connectivity index (χ3v) is 2.92. The van der Waals surface area contributed by atoms with Crippen molar-refractivity contribution >= 4 is 8.07 Å². The number of aliphatic hydroxyl groups excluding tert-OH is 1. The van der Waals surface area contributed by atoms with Gasteiger partial charge >= 0.3 is 0 Å². The molecule has 1 atom stereocenters. The molecule has 0 fully saturated rings. The van der Waals surface area contributed by atoms with E-state index < -0.39 is 14.2 Å². The molecule has 1 unspecified atom stereocenters. The zero-order valence-electron chi connectivity index (χ0n) is 11.6. The van der Waals surface area contributed by atoms with Crippen LogP contribution in [0.2, 0.25) is 19.6 Å². The first-order chi connectivity index (χ1) is 7.04. The Labute approximate surface area is 101 Å². The van der Waals surface area contributed by atoms with Crippen LogP contribution in [0, 0.1) is 16.9 Å². The molecular formula is C14H24OSi. The fourth-order valence-electron chi connectivity index (χ4n) is 0.880. The molecular weight excluding hydrogens is 212 g/mol. The molecule has 1 N–H and O–H groups in total. The third kappa shape index (κ3) is 6.69. The van der Waals surface area contributed by atoms with E-state index in [4.69, 9.17) is 0 Å². The molecule has 0 aromatic carbocycles. The minimum absolute atomic E-state index is 0.343. The van der Waals surface area contributed by atoms with Gasteiger partial charge in [0.2, 0.25) is 0 Å². The summed E-state index contributed by atoms with van der Waals surface area (Å²) in [6.07, 6.45) is 1.29. The first kappa shape index (κ1) is 15.3. The average Bonchev–Trinajstić information content (AvgIpc) is 2.09. The van der Waals surface area contributed by atoms with Crippen molar-refractivity contribution < 1.29 is 5.11 Å². The first-order valence-corrected chi connectivity index (χ1v) is 9.16. The van der Waals surface area contributed by atoms with Gasteiger partial charge in [-0.25, -0.2) is 0 Å². The van der Waals surface area contributed by atoms with Gasteiger partial charge in [0.15, 0.2) is 0 Å². The predicted octanol–water partition coefficient (Wildman–Crippen LogP) is 3.38. The summed E-state index contributed by atoms with van der Waals surface area (Å²) in [4.78, 5) is 0. The fourth-order valence-corrected chi connectivity index (χ4v) is 1.45. The normalized spacial score (nSPS) is 13.2. The quantitative estimate of drug-likeness (QED) is 0.443. The molecule has 0 rings (SSSR count). The third-order valence-electron chi connectivity index (χ3n) is 2.02. The molecule has 0 aliphatic carbocycles. The van der Waals surface area contributed by atoms with Gasteiger partial charge in [-0.05, 0) is 25.5 Å². The van der Waals surface area contributed by atoms with Gasteiger partial charge in [0.25, 0.3) is 0 Å². The molecule has 0 bridgehead atoms. The van der Waals surface area contributed by atoms with Crippen LogP contribution in [0.5, 0.6) is 0 Å². The maximum absolute atomic E-state index is 10.0. The van der Waals surface area contributed by atoms with Gasteiger partial charge in [-0.3, -0.25) is 0 Å². The first-order valence-electron chi connectivity index (χ1n) is 5.66. The van der Waals surface area contributed by atoms with E-state index in [2.05, 4.69) is 36.8 Å². The molecule has 16 heavy (non-hydrogen) atoms. The van der Waals surface area contributed by atoms with E-state index in [1.807, 2.05) is 33.8 Å². The molecule has 0 aromatic rings. The van der Waals surface area contributed by atoms with E-state index in [0.29, 0.717) is 0 Å². The van der Waals surface area contributed by atoms with E-state index in [1.54, 1.807) is 0 Å². The number of hydrogen-bond acceptors (Lipinski definition) is 1. The Morgan fingerprint density at radius 2 is 1.75 bits per heavy atom. The standard InChI is InChI=1S/C14H24OSi/c1-12(2)8-10-14(3,4)13(15)9-11-16(5,6)7/h10,13,15H,1-7H3. The summed E-state index contributed by atoms with van der Waals surface area (Å²) in [5.74, 6) is 2.97. The topological polar surface area (TPSA) is 20.2 Å². The Morgan fingerprint density at radius 1 is 1.25 bits per heavy atom. The van der Waals surface area contributed by atoms with Gasteiger partial charge in [0, 0.05) is 5.41 Å². The highest BCUT2D eigenvalue weighted by atomic mass is 28.3. The molecule has 90 valence electrons. The van der Waals surface area contributed by atoms with Crippen molar-refractivity contribution in [3.8, 4) is 11.5 Å². The van der Waals surface area contributed by atoms with Crippen LogP contribution < -0.4 is 0 Å². The Morgan fingerprint density at radius 3 is 2.12 bits per heavy atom.